The number of hydrogen-bond donors (Lipinski definition) is 0. The monoisotopic (exact) mass is 243 g/mol. The number of benzene rings is 1. The van der Waals surface area contributed by atoms with Crippen LogP contribution in [0.4, 0.5) is 13.2 Å². The van der Waals surface area contributed by atoms with Crippen LogP contribution in [-0.4, -0.2) is 23.9 Å². The van der Waals surface area contributed by atoms with E-state index in [1.165, 1.54) is 0 Å². The fourth-order valence-electron chi connectivity index (χ4n) is 2.16. The number of amides is 1. The first kappa shape index (κ1) is 12.0. The van der Waals surface area contributed by atoms with Gasteiger partial charge in [-0.25, -0.2) is 13.2 Å². The summed E-state index contributed by atoms with van der Waals surface area (Å²) in [4.78, 5) is 13.0. The maximum absolute atomic E-state index is 13.5. The van der Waals surface area contributed by atoms with Crippen LogP contribution in [0.1, 0.15) is 24.8 Å². The molecule has 0 bridgehead atoms. The van der Waals surface area contributed by atoms with Crippen LogP contribution in [0.5, 0.6) is 0 Å². The van der Waals surface area contributed by atoms with Crippen molar-refractivity contribution >= 4 is 5.91 Å². The Balaban J connectivity index is 2.33. The van der Waals surface area contributed by atoms with E-state index in [4.69, 9.17) is 0 Å². The van der Waals surface area contributed by atoms with Crippen LogP contribution < -0.4 is 0 Å². The van der Waals surface area contributed by atoms with Gasteiger partial charge in [0.2, 0.25) is 5.91 Å². The predicted molar refractivity (Wildman–Crippen MR) is 55.9 cm³/mol. The van der Waals surface area contributed by atoms with Crippen molar-refractivity contribution in [3.05, 3.63) is 35.1 Å². The number of likely N-dealkylation sites (N-methyl/N-ethyl adjacent to an activating group) is 1. The Kier molecular flexibility index (Phi) is 3.09. The summed E-state index contributed by atoms with van der Waals surface area (Å²) < 4.78 is 39.6. The number of hydrogen-bond acceptors (Lipinski definition) is 1. The van der Waals surface area contributed by atoms with E-state index in [0.717, 1.165) is 6.07 Å². The van der Waals surface area contributed by atoms with Gasteiger partial charge in [0.05, 0.1) is 0 Å². The largest absolute Gasteiger partial charge is 0.342 e. The SMILES string of the molecule is CCN1C[C@@H](c2cc(F)cc(F)c2F)CC1=O. The van der Waals surface area contributed by atoms with Gasteiger partial charge in [0.15, 0.2) is 11.6 Å². The first-order valence-electron chi connectivity index (χ1n) is 5.45. The molecule has 1 heterocycles. The molecule has 0 unspecified atom stereocenters. The van der Waals surface area contributed by atoms with E-state index in [1.807, 2.05) is 6.92 Å². The highest BCUT2D eigenvalue weighted by Gasteiger charge is 2.32. The quantitative estimate of drug-likeness (QED) is 0.730. The van der Waals surface area contributed by atoms with Gasteiger partial charge in [-0.3, -0.25) is 4.79 Å². The van der Waals surface area contributed by atoms with Gasteiger partial charge in [-0.15, -0.1) is 0 Å². The summed E-state index contributed by atoms with van der Waals surface area (Å²) in [5.74, 6) is -3.65. The molecule has 0 aliphatic carbocycles. The molecule has 1 aromatic rings. The topological polar surface area (TPSA) is 20.3 Å². The molecule has 1 atom stereocenters. The molecule has 0 N–H and O–H groups in total. The van der Waals surface area contributed by atoms with E-state index in [0.29, 0.717) is 19.2 Å². The Labute approximate surface area is 97.0 Å². The summed E-state index contributed by atoms with van der Waals surface area (Å²) in [7, 11) is 0. The molecule has 0 radical (unpaired) electrons. The lowest BCUT2D eigenvalue weighted by Gasteiger charge is -2.14. The first-order chi connectivity index (χ1) is 8.02. The van der Waals surface area contributed by atoms with Crippen LogP contribution >= 0.6 is 0 Å². The second kappa shape index (κ2) is 4.39. The predicted octanol–water partition coefficient (Wildman–Crippen LogP) is 2.44. The van der Waals surface area contributed by atoms with Gasteiger partial charge in [-0.2, -0.15) is 0 Å². The summed E-state index contributed by atoms with van der Waals surface area (Å²) >= 11 is 0. The Morgan fingerprint density at radius 1 is 1.35 bits per heavy atom. The maximum atomic E-state index is 13.5. The molecule has 0 aromatic heterocycles. The van der Waals surface area contributed by atoms with Gasteiger partial charge in [0, 0.05) is 31.5 Å². The molecule has 1 aliphatic rings. The van der Waals surface area contributed by atoms with E-state index in [-0.39, 0.29) is 17.9 Å². The van der Waals surface area contributed by atoms with Gasteiger partial charge in [0.25, 0.3) is 0 Å². The van der Waals surface area contributed by atoms with Gasteiger partial charge in [0.1, 0.15) is 5.82 Å². The fraction of sp³-hybridized carbons (Fsp3) is 0.417. The minimum Gasteiger partial charge on any atom is -0.342 e. The summed E-state index contributed by atoms with van der Waals surface area (Å²) in [6.07, 6.45) is 0.105. The molecule has 1 amide bonds. The molecular formula is C12H12F3NO. The van der Waals surface area contributed by atoms with Crippen LogP contribution in [0.3, 0.4) is 0 Å². The van der Waals surface area contributed by atoms with Crippen molar-refractivity contribution in [1.29, 1.82) is 0 Å². The standard InChI is InChI=1S/C12H12F3NO/c1-2-16-6-7(3-11(16)17)9-4-8(13)5-10(14)12(9)15/h4-5,7H,2-3,6H2,1H3/t7-/m0/s1. The van der Waals surface area contributed by atoms with Crippen molar-refractivity contribution in [2.45, 2.75) is 19.3 Å². The highest BCUT2D eigenvalue weighted by Crippen LogP contribution is 2.31. The third kappa shape index (κ3) is 2.14. The van der Waals surface area contributed by atoms with Gasteiger partial charge in [-0.05, 0) is 18.6 Å². The number of carbonyl (C=O) groups excluding carboxylic acids is 1. The maximum Gasteiger partial charge on any atom is 0.223 e. The van der Waals surface area contributed by atoms with Gasteiger partial charge in [-0.1, -0.05) is 0 Å². The number of nitrogens with zero attached hydrogens (tertiary/aromatic N) is 1. The summed E-state index contributed by atoms with van der Waals surface area (Å²) in [6.45, 7) is 2.65. The second-order valence-electron chi connectivity index (χ2n) is 4.12. The van der Waals surface area contributed by atoms with E-state index >= 15 is 0 Å². The molecule has 2 nitrogen and oxygen atoms in total. The Hall–Kier alpha value is -1.52. The molecule has 1 fully saturated rings. The van der Waals surface area contributed by atoms with Crippen LogP contribution in [0, 0.1) is 17.5 Å². The van der Waals surface area contributed by atoms with Crippen LogP contribution in [0.25, 0.3) is 0 Å². The number of halogens is 3. The first-order valence-corrected chi connectivity index (χ1v) is 5.45. The molecule has 5 heteroatoms. The van der Waals surface area contributed by atoms with Crippen molar-refractivity contribution in [1.82, 2.24) is 4.90 Å². The molecule has 0 saturated carbocycles. The Morgan fingerprint density at radius 2 is 2.06 bits per heavy atom. The van der Waals surface area contributed by atoms with Crippen molar-refractivity contribution in [3.63, 3.8) is 0 Å². The van der Waals surface area contributed by atoms with Crippen molar-refractivity contribution in [2.24, 2.45) is 0 Å². The smallest absolute Gasteiger partial charge is 0.223 e. The molecule has 1 aliphatic heterocycles. The summed E-state index contributed by atoms with van der Waals surface area (Å²) in [6, 6.07) is 1.47. The summed E-state index contributed by atoms with van der Waals surface area (Å²) in [5.41, 5.74) is -0.0493. The third-order valence-corrected chi connectivity index (χ3v) is 3.06. The van der Waals surface area contributed by atoms with Crippen LogP contribution in [0.15, 0.2) is 12.1 Å². The highest BCUT2D eigenvalue weighted by atomic mass is 19.2. The van der Waals surface area contributed by atoms with Crippen LogP contribution in [0.2, 0.25) is 0 Å². The minimum absolute atomic E-state index is 0.0493. The molecule has 2 rings (SSSR count). The van der Waals surface area contributed by atoms with Crippen LogP contribution in [-0.2, 0) is 4.79 Å². The second-order valence-corrected chi connectivity index (χ2v) is 4.12. The molecule has 1 saturated heterocycles. The van der Waals surface area contributed by atoms with Crippen molar-refractivity contribution < 1.29 is 18.0 Å². The van der Waals surface area contributed by atoms with E-state index < -0.39 is 23.4 Å². The van der Waals surface area contributed by atoms with Crippen molar-refractivity contribution in [2.75, 3.05) is 13.1 Å². The highest BCUT2D eigenvalue weighted by molar-refractivity contribution is 5.79. The van der Waals surface area contributed by atoms with Gasteiger partial charge < -0.3 is 4.90 Å². The lowest BCUT2D eigenvalue weighted by atomic mass is 9.97. The number of carbonyl (C=O) groups is 1. The number of rotatable bonds is 2. The van der Waals surface area contributed by atoms with Gasteiger partial charge >= 0.3 is 0 Å². The lowest BCUT2D eigenvalue weighted by Crippen LogP contribution is -2.24. The lowest BCUT2D eigenvalue weighted by molar-refractivity contribution is -0.127. The molecule has 17 heavy (non-hydrogen) atoms. The minimum atomic E-state index is -1.21. The zero-order valence-corrected chi connectivity index (χ0v) is 9.34. The average Bonchev–Trinajstić information content (AvgIpc) is 2.64. The normalized spacial score (nSPS) is 20.1. The third-order valence-electron chi connectivity index (χ3n) is 3.06. The summed E-state index contributed by atoms with van der Waals surface area (Å²) in [5, 5.41) is 0. The molecule has 1 aromatic carbocycles. The average molecular weight is 243 g/mol. The fourth-order valence-corrected chi connectivity index (χ4v) is 2.16. The van der Waals surface area contributed by atoms with E-state index in [9.17, 15) is 18.0 Å². The zero-order valence-electron chi connectivity index (χ0n) is 9.34. The van der Waals surface area contributed by atoms with Crippen molar-refractivity contribution in [3.8, 4) is 0 Å². The Morgan fingerprint density at radius 3 is 2.65 bits per heavy atom. The molecule has 0 spiro atoms. The zero-order chi connectivity index (χ0) is 12.6. The number of likely N-dealkylation sites (tertiary alicyclic amines) is 1. The van der Waals surface area contributed by atoms with E-state index in [2.05, 4.69) is 0 Å². The molecular weight excluding hydrogens is 231 g/mol. The molecule has 92 valence electrons. The Bertz CT molecular complexity index is 461. The van der Waals surface area contributed by atoms with E-state index in [1.54, 1.807) is 4.90 Å².